The molecule has 0 fully saturated rings. The molecule has 9 heteroatoms. The summed E-state index contributed by atoms with van der Waals surface area (Å²) in [5, 5.41) is 21.6. The van der Waals surface area contributed by atoms with Crippen molar-refractivity contribution in [1.82, 2.24) is 20.1 Å². The second kappa shape index (κ2) is 9.00. The molecule has 0 unspecified atom stereocenters. The first kappa shape index (κ1) is 22.4. The number of aryl methyl sites for hydroxylation is 2. The van der Waals surface area contributed by atoms with Crippen LogP contribution in [-0.4, -0.2) is 44.0 Å². The summed E-state index contributed by atoms with van der Waals surface area (Å²) in [6, 6.07) is 7.02. The molecule has 3 heterocycles. The third-order valence-electron chi connectivity index (χ3n) is 5.42. The van der Waals surface area contributed by atoms with Crippen molar-refractivity contribution in [3.8, 4) is 16.8 Å². The van der Waals surface area contributed by atoms with Crippen molar-refractivity contribution in [3.63, 3.8) is 0 Å². The fraction of sp³-hybridized carbons (Fsp3) is 0.292. The van der Waals surface area contributed by atoms with E-state index in [1.165, 1.54) is 6.92 Å². The summed E-state index contributed by atoms with van der Waals surface area (Å²) in [6.45, 7) is 7.72. The SMILES string of the molecule is CC(=O)NCC#Cc1ccc(C2=N[C@@H](CC(=O)O)c3nnc(C)n3-c3sc(C)c(C)c32)cc1. The van der Waals surface area contributed by atoms with Gasteiger partial charge in [0.25, 0.3) is 0 Å². The van der Waals surface area contributed by atoms with Crippen molar-refractivity contribution in [2.24, 2.45) is 4.99 Å². The van der Waals surface area contributed by atoms with E-state index >= 15 is 0 Å². The normalized spacial score (nSPS) is 14.3. The summed E-state index contributed by atoms with van der Waals surface area (Å²) in [6.07, 6.45) is -0.179. The zero-order valence-electron chi connectivity index (χ0n) is 18.8. The molecule has 1 aliphatic rings. The molecule has 8 nitrogen and oxygen atoms in total. The molecule has 2 aromatic heterocycles. The van der Waals surface area contributed by atoms with Gasteiger partial charge < -0.3 is 10.4 Å². The smallest absolute Gasteiger partial charge is 0.306 e. The second-order valence-corrected chi connectivity index (χ2v) is 8.99. The maximum atomic E-state index is 11.6. The van der Waals surface area contributed by atoms with E-state index in [1.807, 2.05) is 35.8 Å². The van der Waals surface area contributed by atoms with Crippen molar-refractivity contribution in [3.05, 3.63) is 63.0 Å². The van der Waals surface area contributed by atoms with Gasteiger partial charge in [-0.2, -0.15) is 0 Å². The minimum Gasteiger partial charge on any atom is -0.481 e. The molecule has 0 aliphatic carbocycles. The van der Waals surface area contributed by atoms with Gasteiger partial charge in [-0.15, -0.1) is 21.5 Å². The van der Waals surface area contributed by atoms with E-state index in [-0.39, 0.29) is 18.9 Å². The van der Waals surface area contributed by atoms with Gasteiger partial charge in [-0.25, -0.2) is 0 Å². The van der Waals surface area contributed by atoms with Gasteiger partial charge in [-0.05, 0) is 38.5 Å². The van der Waals surface area contributed by atoms with E-state index in [2.05, 4.69) is 41.2 Å². The molecular formula is C24H23N5O3S. The van der Waals surface area contributed by atoms with E-state index in [0.717, 1.165) is 37.8 Å². The predicted molar refractivity (Wildman–Crippen MR) is 126 cm³/mol. The fourth-order valence-electron chi connectivity index (χ4n) is 3.72. The van der Waals surface area contributed by atoms with E-state index in [0.29, 0.717) is 11.6 Å². The number of carboxylic acid groups (broad SMARTS) is 1. The Kier molecular flexibility index (Phi) is 6.11. The number of rotatable bonds is 4. The third kappa shape index (κ3) is 4.43. The molecule has 33 heavy (non-hydrogen) atoms. The summed E-state index contributed by atoms with van der Waals surface area (Å²) in [5.41, 5.74) is 4.49. The summed E-state index contributed by atoms with van der Waals surface area (Å²) in [5.74, 6) is 6.11. The molecule has 1 amide bonds. The van der Waals surface area contributed by atoms with Crippen LogP contribution in [0.25, 0.3) is 5.00 Å². The zero-order chi connectivity index (χ0) is 23.7. The topological polar surface area (TPSA) is 109 Å². The summed E-state index contributed by atoms with van der Waals surface area (Å²) in [4.78, 5) is 28.7. The number of aliphatic carboxylic acids is 1. The van der Waals surface area contributed by atoms with Gasteiger partial charge in [0.2, 0.25) is 5.91 Å². The molecule has 1 atom stereocenters. The number of nitrogens with one attached hydrogen (secondary N) is 1. The van der Waals surface area contributed by atoms with Crippen molar-refractivity contribution in [2.45, 2.75) is 40.2 Å². The molecule has 0 bridgehead atoms. The molecule has 0 spiro atoms. The van der Waals surface area contributed by atoms with Gasteiger partial charge in [0.15, 0.2) is 5.82 Å². The van der Waals surface area contributed by atoms with Gasteiger partial charge in [-0.3, -0.25) is 19.1 Å². The van der Waals surface area contributed by atoms with Crippen LogP contribution < -0.4 is 5.32 Å². The minimum atomic E-state index is -0.946. The highest BCUT2D eigenvalue weighted by Gasteiger charge is 2.32. The van der Waals surface area contributed by atoms with Crippen LogP contribution in [0.3, 0.4) is 0 Å². The number of hydrogen-bond acceptors (Lipinski definition) is 6. The minimum absolute atomic E-state index is 0.121. The first-order valence-electron chi connectivity index (χ1n) is 10.4. The van der Waals surface area contributed by atoms with Crippen LogP contribution in [0.4, 0.5) is 0 Å². The Bertz CT molecular complexity index is 1340. The fourth-order valence-corrected chi connectivity index (χ4v) is 4.93. The Morgan fingerprint density at radius 3 is 2.58 bits per heavy atom. The number of benzene rings is 1. The average molecular weight is 462 g/mol. The van der Waals surface area contributed by atoms with Crippen LogP contribution >= 0.6 is 11.3 Å². The largest absolute Gasteiger partial charge is 0.481 e. The standard InChI is InChI=1S/C24H23N5O3S/c1-13-14(2)33-24-21(13)22(18-9-7-17(8-10-18)6-5-11-25-16(4)30)26-19(12-20(31)32)23-28-27-15(3)29(23)24/h7-10,19H,11-12H2,1-4H3,(H,25,30)(H,31,32)/t19-/m0/s1. The number of carbonyl (C=O) groups excluding carboxylic acids is 1. The molecule has 4 rings (SSSR count). The van der Waals surface area contributed by atoms with Crippen LogP contribution in [-0.2, 0) is 9.59 Å². The Morgan fingerprint density at radius 2 is 1.91 bits per heavy atom. The van der Waals surface area contributed by atoms with E-state index in [4.69, 9.17) is 4.99 Å². The number of thiophene rings is 1. The van der Waals surface area contributed by atoms with Crippen molar-refractivity contribution >= 4 is 28.9 Å². The van der Waals surface area contributed by atoms with Gasteiger partial charge in [0.1, 0.15) is 16.9 Å². The molecule has 1 aliphatic heterocycles. The van der Waals surface area contributed by atoms with Crippen LogP contribution in [0.15, 0.2) is 29.3 Å². The number of aromatic nitrogens is 3. The van der Waals surface area contributed by atoms with Gasteiger partial charge >= 0.3 is 5.97 Å². The van der Waals surface area contributed by atoms with Gasteiger partial charge in [0, 0.05) is 28.5 Å². The summed E-state index contributed by atoms with van der Waals surface area (Å²) >= 11 is 1.63. The second-order valence-electron chi connectivity index (χ2n) is 7.78. The molecule has 1 aromatic carbocycles. The van der Waals surface area contributed by atoms with E-state index < -0.39 is 12.0 Å². The number of hydrogen-bond donors (Lipinski definition) is 2. The van der Waals surface area contributed by atoms with Crippen LogP contribution in [0, 0.1) is 32.6 Å². The highest BCUT2D eigenvalue weighted by Crippen LogP contribution is 2.39. The van der Waals surface area contributed by atoms with Crippen LogP contribution in [0.2, 0.25) is 0 Å². The lowest BCUT2D eigenvalue weighted by atomic mass is 9.98. The molecule has 2 N–H and O–H groups in total. The zero-order valence-corrected chi connectivity index (χ0v) is 19.6. The quantitative estimate of drug-likeness (QED) is 0.580. The number of aliphatic imine (C=N–C) groups is 1. The van der Waals surface area contributed by atoms with E-state index in [1.54, 1.807) is 11.3 Å². The molecule has 168 valence electrons. The summed E-state index contributed by atoms with van der Waals surface area (Å²) < 4.78 is 1.94. The highest BCUT2D eigenvalue weighted by molar-refractivity contribution is 7.15. The molecular weight excluding hydrogens is 438 g/mol. The maximum Gasteiger partial charge on any atom is 0.306 e. The first-order valence-corrected chi connectivity index (χ1v) is 11.2. The number of carbonyl (C=O) groups is 2. The monoisotopic (exact) mass is 461 g/mol. The van der Waals surface area contributed by atoms with Crippen LogP contribution in [0.5, 0.6) is 0 Å². The van der Waals surface area contributed by atoms with Crippen molar-refractivity contribution in [2.75, 3.05) is 6.54 Å². The maximum absolute atomic E-state index is 11.6. The Morgan fingerprint density at radius 1 is 1.18 bits per heavy atom. The molecule has 0 saturated heterocycles. The average Bonchev–Trinajstić information content (AvgIpc) is 3.24. The van der Waals surface area contributed by atoms with Gasteiger partial charge in [-0.1, -0.05) is 24.0 Å². The molecule has 0 saturated carbocycles. The lowest BCUT2D eigenvalue weighted by Crippen LogP contribution is -2.19. The van der Waals surface area contributed by atoms with Crippen molar-refractivity contribution in [1.29, 1.82) is 0 Å². The predicted octanol–water partition coefficient (Wildman–Crippen LogP) is 3.11. The number of fused-ring (bicyclic) bond motifs is 3. The lowest BCUT2D eigenvalue weighted by Gasteiger charge is -2.10. The Hall–Kier alpha value is -3.77. The van der Waals surface area contributed by atoms with Gasteiger partial charge in [0.05, 0.1) is 18.7 Å². The van der Waals surface area contributed by atoms with Crippen LogP contribution in [0.1, 0.15) is 58.2 Å². The third-order valence-corrected chi connectivity index (χ3v) is 6.62. The Balaban J connectivity index is 1.81. The summed E-state index contributed by atoms with van der Waals surface area (Å²) in [7, 11) is 0. The van der Waals surface area contributed by atoms with Crippen molar-refractivity contribution < 1.29 is 14.7 Å². The number of amides is 1. The lowest BCUT2D eigenvalue weighted by molar-refractivity contribution is -0.137. The molecule has 0 radical (unpaired) electrons. The first-order chi connectivity index (χ1) is 15.8. The number of carboxylic acids is 1. The number of nitrogens with zero attached hydrogens (tertiary/aromatic N) is 4. The van der Waals surface area contributed by atoms with E-state index in [9.17, 15) is 14.7 Å². The molecule has 3 aromatic rings. The Labute approximate surface area is 195 Å². The highest BCUT2D eigenvalue weighted by atomic mass is 32.1.